The summed E-state index contributed by atoms with van der Waals surface area (Å²) in [5.41, 5.74) is 0.872. The number of methoxy groups -OCH3 is 2. The minimum absolute atomic E-state index is 0.379. The molecule has 1 amide bonds. The van der Waals surface area contributed by atoms with E-state index in [0.29, 0.717) is 6.54 Å². The fraction of sp³-hybridized carbons (Fsp3) is 0.364. The lowest BCUT2D eigenvalue weighted by atomic mass is 10.2. The fourth-order valence-corrected chi connectivity index (χ4v) is 0.738. The van der Waals surface area contributed by atoms with Crippen LogP contribution in [0.5, 0.6) is 0 Å². The van der Waals surface area contributed by atoms with Crippen molar-refractivity contribution in [2.24, 2.45) is 0 Å². The summed E-state index contributed by atoms with van der Waals surface area (Å²) in [4.78, 5) is 10.8. The van der Waals surface area contributed by atoms with Gasteiger partial charge in [0, 0.05) is 6.54 Å². The van der Waals surface area contributed by atoms with Crippen LogP contribution < -0.4 is 5.32 Å². The molecular weight excluding hydrogens is 194 g/mol. The van der Waals surface area contributed by atoms with Crippen LogP contribution in [0.25, 0.3) is 0 Å². The molecule has 0 atom stereocenters. The maximum Gasteiger partial charge on any atom is 0.407 e. The smallest absolute Gasteiger partial charge is 0.407 e. The van der Waals surface area contributed by atoms with Crippen LogP contribution in [0.2, 0.25) is 0 Å². The molecule has 0 unspecified atom stereocenters. The zero-order valence-electron chi connectivity index (χ0n) is 9.37. The zero-order chi connectivity index (χ0) is 11.7. The van der Waals surface area contributed by atoms with E-state index in [-0.39, 0.29) is 0 Å². The monoisotopic (exact) mass is 211 g/mol. The van der Waals surface area contributed by atoms with Crippen LogP contribution in [-0.4, -0.2) is 26.9 Å². The van der Waals surface area contributed by atoms with Crippen LogP contribution >= 0.6 is 0 Å². The van der Waals surface area contributed by atoms with Gasteiger partial charge in [0.2, 0.25) is 0 Å². The van der Waals surface area contributed by atoms with Crippen LogP contribution in [0.1, 0.15) is 6.92 Å². The van der Waals surface area contributed by atoms with Crippen molar-refractivity contribution in [1.29, 1.82) is 0 Å². The van der Waals surface area contributed by atoms with Crippen LogP contribution in [0.3, 0.4) is 0 Å². The molecule has 0 radical (unpaired) electrons. The molecule has 0 bridgehead atoms. The summed E-state index contributed by atoms with van der Waals surface area (Å²) in [7, 11) is 2.92. The van der Waals surface area contributed by atoms with E-state index in [4.69, 9.17) is 4.74 Å². The summed E-state index contributed by atoms with van der Waals surface area (Å²) in [6.45, 7) is 5.85. The molecule has 0 aromatic rings. The highest BCUT2D eigenvalue weighted by Gasteiger charge is 1.97. The second kappa shape index (κ2) is 7.67. The summed E-state index contributed by atoms with van der Waals surface area (Å²) in [5, 5.41) is 2.55. The predicted molar refractivity (Wildman–Crippen MR) is 59.5 cm³/mol. The topological polar surface area (TPSA) is 47.6 Å². The highest BCUT2D eigenvalue weighted by atomic mass is 16.5. The largest absolute Gasteiger partial charge is 0.501 e. The van der Waals surface area contributed by atoms with Crippen molar-refractivity contribution in [2.45, 2.75) is 6.92 Å². The Labute approximate surface area is 90.3 Å². The summed E-state index contributed by atoms with van der Waals surface area (Å²) >= 11 is 0. The Morgan fingerprint density at radius 1 is 1.33 bits per heavy atom. The van der Waals surface area contributed by atoms with Crippen molar-refractivity contribution in [3.05, 3.63) is 36.1 Å². The molecule has 0 saturated heterocycles. The Hall–Kier alpha value is -1.71. The van der Waals surface area contributed by atoms with Crippen LogP contribution in [0.15, 0.2) is 36.1 Å². The molecule has 0 aromatic heterocycles. The van der Waals surface area contributed by atoms with Gasteiger partial charge in [0.25, 0.3) is 0 Å². The minimum Gasteiger partial charge on any atom is -0.501 e. The number of alkyl carbamates (subject to hydrolysis) is 1. The van der Waals surface area contributed by atoms with Gasteiger partial charge in [0.1, 0.15) is 0 Å². The Balaban J connectivity index is 4.24. The number of allylic oxidation sites excluding steroid dienone is 3. The van der Waals surface area contributed by atoms with Gasteiger partial charge in [-0.25, -0.2) is 4.79 Å². The SMILES string of the molecule is C=C/C(=C\C=C(/C)OC)CNC(=O)OC. The second-order valence-electron chi connectivity index (χ2n) is 2.77. The van der Waals surface area contributed by atoms with Gasteiger partial charge in [0.15, 0.2) is 0 Å². The van der Waals surface area contributed by atoms with Gasteiger partial charge in [-0.2, -0.15) is 0 Å². The van der Waals surface area contributed by atoms with E-state index < -0.39 is 6.09 Å². The van der Waals surface area contributed by atoms with Crippen molar-refractivity contribution in [1.82, 2.24) is 5.32 Å². The Morgan fingerprint density at radius 3 is 2.47 bits per heavy atom. The Kier molecular flexibility index (Phi) is 6.80. The number of carbonyl (C=O) groups excluding carboxylic acids is 1. The standard InChI is InChI=1S/C11H17NO3/c1-5-10(7-6-9(2)14-3)8-12-11(13)15-4/h5-7H,1,8H2,2-4H3,(H,12,13)/b9-6+,10-7+. The van der Waals surface area contributed by atoms with Gasteiger partial charge in [-0.3, -0.25) is 0 Å². The van der Waals surface area contributed by atoms with E-state index in [1.54, 1.807) is 19.3 Å². The first-order valence-corrected chi connectivity index (χ1v) is 4.49. The highest BCUT2D eigenvalue weighted by molar-refractivity contribution is 5.67. The van der Waals surface area contributed by atoms with Gasteiger partial charge in [0.05, 0.1) is 20.0 Å². The molecule has 15 heavy (non-hydrogen) atoms. The average Bonchev–Trinajstić information content (AvgIpc) is 2.28. The van der Waals surface area contributed by atoms with Gasteiger partial charge < -0.3 is 14.8 Å². The molecule has 84 valence electrons. The molecule has 4 nitrogen and oxygen atoms in total. The molecule has 0 rings (SSSR count). The van der Waals surface area contributed by atoms with Crippen molar-refractivity contribution in [3.8, 4) is 0 Å². The van der Waals surface area contributed by atoms with Crippen LogP contribution in [-0.2, 0) is 9.47 Å². The molecule has 0 aliphatic heterocycles. The quantitative estimate of drug-likeness (QED) is 0.559. The van der Waals surface area contributed by atoms with Gasteiger partial charge in [-0.05, 0) is 18.6 Å². The molecule has 4 heteroatoms. The Bertz CT molecular complexity index is 280. The summed E-state index contributed by atoms with van der Waals surface area (Å²) in [6, 6.07) is 0. The maximum atomic E-state index is 10.8. The summed E-state index contributed by atoms with van der Waals surface area (Å²) in [6.07, 6.45) is 4.82. The van der Waals surface area contributed by atoms with Gasteiger partial charge in [-0.15, -0.1) is 0 Å². The van der Waals surface area contributed by atoms with Gasteiger partial charge in [-0.1, -0.05) is 18.7 Å². The molecule has 0 aromatic carbocycles. The van der Waals surface area contributed by atoms with Gasteiger partial charge >= 0.3 is 6.09 Å². The van der Waals surface area contributed by atoms with E-state index in [1.165, 1.54) is 7.11 Å². The number of nitrogens with one attached hydrogen (secondary N) is 1. The Morgan fingerprint density at radius 2 is 2.00 bits per heavy atom. The number of carbonyl (C=O) groups is 1. The predicted octanol–water partition coefficient (Wildman–Crippen LogP) is 2.00. The van der Waals surface area contributed by atoms with E-state index in [1.807, 2.05) is 13.0 Å². The minimum atomic E-state index is -0.463. The van der Waals surface area contributed by atoms with Crippen LogP contribution in [0.4, 0.5) is 4.79 Å². The van der Waals surface area contributed by atoms with E-state index in [9.17, 15) is 4.79 Å². The average molecular weight is 211 g/mol. The van der Waals surface area contributed by atoms with Crippen molar-refractivity contribution in [3.63, 3.8) is 0 Å². The summed E-state index contributed by atoms with van der Waals surface area (Å²) in [5.74, 6) is 0.785. The lowest BCUT2D eigenvalue weighted by Gasteiger charge is -2.03. The first-order chi connectivity index (χ1) is 7.13. The van der Waals surface area contributed by atoms with Crippen molar-refractivity contribution < 1.29 is 14.3 Å². The third-order valence-electron chi connectivity index (χ3n) is 1.74. The fourth-order valence-electron chi connectivity index (χ4n) is 0.738. The molecule has 0 aliphatic rings. The third kappa shape index (κ3) is 6.37. The molecule has 0 spiro atoms. The number of hydrogen-bond donors (Lipinski definition) is 1. The number of hydrogen-bond acceptors (Lipinski definition) is 3. The first kappa shape index (κ1) is 13.3. The van der Waals surface area contributed by atoms with E-state index in [2.05, 4.69) is 16.6 Å². The molecule has 0 aliphatic carbocycles. The molecule has 1 N–H and O–H groups in total. The second-order valence-corrected chi connectivity index (χ2v) is 2.77. The number of rotatable bonds is 5. The highest BCUT2D eigenvalue weighted by Crippen LogP contribution is 1.99. The molecule has 0 fully saturated rings. The van der Waals surface area contributed by atoms with E-state index in [0.717, 1.165) is 11.3 Å². The molecule has 0 heterocycles. The normalized spacial score (nSPS) is 11.9. The summed E-state index contributed by atoms with van der Waals surface area (Å²) < 4.78 is 9.40. The number of amides is 1. The lowest BCUT2D eigenvalue weighted by Crippen LogP contribution is -2.24. The molecule has 0 saturated carbocycles. The lowest BCUT2D eigenvalue weighted by molar-refractivity contribution is 0.172. The van der Waals surface area contributed by atoms with Crippen molar-refractivity contribution >= 4 is 6.09 Å². The third-order valence-corrected chi connectivity index (χ3v) is 1.74. The van der Waals surface area contributed by atoms with Crippen molar-refractivity contribution in [2.75, 3.05) is 20.8 Å². The maximum absolute atomic E-state index is 10.8. The number of ether oxygens (including phenoxy) is 2. The first-order valence-electron chi connectivity index (χ1n) is 4.49. The van der Waals surface area contributed by atoms with E-state index >= 15 is 0 Å². The van der Waals surface area contributed by atoms with Crippen LogP contribution in [0, 0.1) is 0 Å². The molecular formula is C11H17NO3. The zero-order valence-corrected chi connectivity index (χ0v) is 9.37.